The van der Waals surface area contributed by atoms with Crippen molar-refractivity contribution in [1.29, 1.82) is 0 Å². The average molecular weight is 370 g/mol. The summed E-state index contributed by atoms with van der Waals surface area (Å²) < 4.78 is 12.4. The number of hydrogen-bond acceptors (Lipinski definition) is 6. The topological polar surface area (TPSA) is 94.6 Å². The molecule has 2 aromatic heterocycles. The number of aliphatic hydroxyl groups is 1. The summed E-state index contributed by atoms with van der Waals surface area (Å²) in [4.78, 5) is 23.2. The van der Waals surface area contributed by atoms with E-state index in [1.54, 1.807) is 30.7 Å². The van der Waals surface area contributed by atoms with Gasteiger partial charge in [0.1, 0.15) is 24.0 Å². The van der Waals surface area contributed by atoms with Gasteiger partial charge >= 0.3 is 5.63 Å². The standard InChI is InChI=1S/C20H22N2O5/c1-11-7-19(25)27-18-8-16(5-6-17(11)18)26-10-15(24)9-22-13(3)20(14(4)23)12(2)21-22/h5-8,15,24H,9-10H2,1-4H3/t15-/m1/s1. The summed E-state index contributed by atoms with van der Waals surface area (Å²) in [6, 6.07) is 6.65. The molecule has 0 bridgehead atoms. The summed E-state index contributed by atoms with van der Waals surface area (Å²) >= 11 is 0. The molecule has 0 saturated carbocycles. The normalized spacial score (nSPS) is 12.3. The van der Waals surface area contributed by atoms with Crippen LogP contribution in [-0.4, -0.2) is 33.4 Å². The van der Waals surface area contributed by atoms with E-state index in [0.717, 1.165) is 16.6 Å². The molecule has 3 aromatic rings. The maximum absolute atomic E-state index is 11.7. The first kappa shape index (κ1) is 18.8. The highest BCUT2D eigenvalue weighted by atomic mass is 16.5. The number of carbonyl (C=O) groups is 1. The second-order valence-electron chi connectivity index (χ2n) is 6.66. The van der Waals surface area contributed by atoms with Crippen LogP contribution in [-0.2, 0) is 6.54 Å². The number of ketones is 1. The smallest absolute Gasteiger partial charge is 0.336 e. The number of rotatable bonds is 6. The second-order valence-corrected chi connectivity index (χ2v) is 6.66. The third-order valence-electron chi connectivity index (χ3n) is 4.48. The summed E-state index contributed by atoms with van der Waals surface area (Å²) in [5.74, 6) is 0.447. The molecule has 27 heavy (non-hydrogen) atoms. The van der Waals surface area contributed by atoms with E-state index in [0.29, 0.717) is 22.6 Å². The van der Waals surface area contributed by atoms with Crippen LogP contribution < -0.4 is 10.4 Å². The molecule has 0 amide bonds. The van der Waals surface area contributed by atoms with Gasteiger partial charge in [-0.1, -0.05) is 0 Å². The van der Waals surface area contributed by atoms with E-state index in [4.69, 9.17) is 9.15 Å². The Morgan fingerprint density at radius 1 is 1.30 bits per heavy atom. The van der Waals surface area contributed by atoms with Crippen LogP contribution in [0.3, 0.4) is 0 Å². The van der Waals surface area contributed by atoms with Gasteiger partial charge in [-0.15, -0.1) is 0 Å². The van der Waals surface area contributed by atoms with Gasteiger partial charge in [-0.05, 0) is 45.4 Å². The number of Topliss-reactive ketones (excluding diaryl/α,β-unsaturated/α-hetero) is 1. The van der Waals surface area contributed by atoms with Gasteiger partial charge in [0.2, 0.25) is 0 Å². The molecule has 1 atom stereocenters. The minimum Gasteiger partial charge on any atom is -0.491 e. The lowest BCUT2D eigenvalue weighted by atomic mass is 10.1. The first-order valence-electron chi connectivity index (χ1n) is 8.66. The summed E-state index contributed by atoms with van der Waals surface area (Å²) in [5.41, 5.74) is 2.82. The minimum atomic E-state index is -0.817. The lowest BCUT2D eigenvalue weighted by molar-refractivity contribution is 0.0885. The summed E-state index contributed by atoms with van der Waals surface area (Å²) in [6.45, 7) is 7.16. The Morgan fingerprint density at radius 2 is 2.04 bits per heavy atom. The van der Waals surface area contributed by atoms with Crippen LogP contribution in [0.2, 0.25) is 0 Å². The molecule has 0 spiro atoms. The van der Waals surface area contributed by atoms with E-state index >= 15 is 0 Å². The molecule has 0 unspecified atom stereocenters. The van der Waals surface area contributed by atoms with Crippen LogP contribution in [0.1, 0.15) is 34.2 Å². The molecule has 0 aliphatic heterocycles. The zero-order valence-corrected chi connectivity index (χ0v) is 15.8. The van der Waals surface area contributed by atoms with Gasteiger partial charge in [0.25, 0.3) is 0 Å². The van der Waals surface area contributed by atoms with E-state index in [9.17, 15) is 14.7 Å². The van der Waals surface area contributed by atoms with Gasteiger partial charge in [-0.3, -0.25) is 9.48 Å². The van der Waals surface area contributed by atoms with Crippen LogP contribution in [0.15, 0.2) is 33.5 Å². The first-order valence-corrected chi connectivity index (χ1v) is 8.66. The van der Waals surface area contributed by atoms with Crippen molar-refractivity contribution in [2.75, 3.05) is 6.61 Å². The lowest BCUT2D eigenvalue weighted by Gasteiger charge is -2.14. The first-order chi connectivity index (χ1) is 12.8. The Kier molecular flexibility index (Phi) is 5.14. The third-order valence-corrected chi connectivity index (χ3v) is 4.48. The molecule has 7 nitrogen and oxygen atoms in total. The summed E-state index contributed by atoms with van der Waals surface area (Å²) in [6.07, 6.45) is -0.817. The minimum absolute atomic E-state index is 0.0370. The SMILES string of the molecule is CC(=O)c1c(C)nn(C[C@@H](O)COc2ccc3c(C)cc(=O)oc3c2)c1C. The van der Waals surface area contributed by atoms with E-state index in [1.165, 1.54) is 13.0 Å². The van der Waals surface area contributed by atoms with E-state index < -0.39 is 11.7 Å². The van der Waals surface area contributed by atoms with E-state index in [1.807, 2.05) is 13.0 Å². The van der Waals surface area contributed by atoms with Gasteiger partial charge in [-0.25, -0.2) is 4.79 Å². The number of carbonyl (C=O) groups excluding carboxylic acids is 1. The number of ether oxygens (including phenoxy) is 1. The third kappa shape index (κ3) is 3.93. The van der Waals surface area contributed by atoms with Crippen molar-refractivity contribution in [3.63, 3.8) is 0 Å². The highest BCUT2D eigenvalue weighted by Gasteiger charge is 2.17. The molecular weight excluding hydrogens is 348 g/mol. The molecule has 0 aliphatic rings. The largest absolute Gasteiger partial charge is 0.491 e. The zero-order valence-electron chi connectivity index (χ0n) is 15.8. The fraction of sp³-hybridized carbons (Fsp3) is 0.350. The lowest BCUT2D eigenvalue weighted by Crippen LogP contribution is -2.25. The van der Waals surface area contributed by atoms with Gasteiger partial charge in [0, 0.05) is 23.2 Å². The molecule has 0 fully saturated rings. The highest BCUT2D eigenvalue weighted by Crippen LogP contribution is 2.22. The number of benzene rings is 1. The Bertz CT molecular complexity index is 1060. The van der Waals surface area contributed by atoms with Crippen molar-refractivity contribution < 1.29 is 19.1 Å². The summed E-state index contributed by atoms with van der Waals surface area (Å²) in [5, 5.41) is 15.4. The second kappa shape index (κ2) is 7.36. The van der Waals surface area contributed by atoms with Gasteiger partial charge in [0.15, 0.2) is 5.78 Å². The van der Waals surface area contributed by atoms with Gasteiger partial charge in [0.05, 0.1) is 17.8 Å². The Labute approximate surface area is 156 Å². The molecule has 1 N–H and O–H groups in total. The number of aryl methyl sites for hydroxylation is 2. The van der Waals surface area contributed by atoms with Gasteiger partial charge < -0.3 is 14.3 Å². The van der Waals surface area contributed by atoms with Crippen LogP contribution in [0.4, 0.5) is 0 Å². The number of hydrogen-bond donors (Lipinski definition) is 1. The predicted molar refractivity (Wildman–Crippen MR) is 100 cm³/mol. The molecule has 3 rings (SSSR count). The predicted octanol–water partition coefficient (Wildman–Crippen LogP) is 2.56. The highest BCUT2D eigenvalue weighted by molar-refractivity contribution is 5.96. The van der Waals surface area contributed by atoms with Crippen molar-refractivity contribution in [2.24, 2.45) is 0 Å². The number of fused-ring (bicyclic) bond motifs is 1. The summed E-state index contributed by atoms with van der Waals surface area (Å²) in [7, 11) is 0. The molecule has 142 valence electrons. The fourth-order valence-electron chi connectivity index (χ4n) is 3.22. The molecule has 0 radical (unpaired) electrons. The van der Waals surface area contributed by atoms with Crippen molar-refractivity contribution >= 4 is 16.8 Å². The molecule has 7 heteroatoms. The fourth-order valence-corrected chi connectivity index (χ4v) is 3.22. The van der Waals surface area contributed by atoms with Gasteiger partial charge in [-0.2, -0.15) is 5.10 Å². The van der Waals surface area contributed by atoms with Crippen molar-refractivity contribution in [2.45, 2.75) is 40.3 Å². The number of aliphatic hydroxyl groups excluding tert-OH is 1. The van der Waals surface area contributed by atoms with Crippen molar-refractivity contribution in [1.82, 2.24) is 9.78 Å². The number of aromatic nitrogens is 2. The molecule has 1 aromatic carbocycles. The van der Waals surface area contributed by atoms with Crippen molar-refractivity contribution in [3.05, 3.63) is 57.2 Å². The maximum Gasteiger partial charge on any atom is 0.336 e. The van der Waals surface area contributed by atoms with Crippen molar-refractivity contribution in [3.8, 4) is 5.75 Å². The van der Waals surface area contributed by atoms with Crippen LogP contribution in [0, 0.1) is 20.8 Å². The Hall–Kier alpha value is -2.93. The molecular formula is C20H22N2O5. The van der Waals surface area contributed by atoms with Crippen LogP contribution in [0.5, 0.6) is 5.75 Å². The quantitative estimate of drug-likeness (QED) is 0.529. The number of nitrogens with zero attached hydrogens (tertiary/aromatic N) is 2. The monoisotopic (exact) mass is 370 g/mol. The average Bonchev–Trinajstić information content (AvgIpc) is 2.86. The Balaban J connectivity index is 1.70. The van der Waals surface area contributed by atoms with Crippen LogP contribution >= 0.6 is 0 Å². The maximum atomic E-state index is 11.7. The van der Waals surface area contributed by atoms with E-state index in [2.05, 4.69) is 5.10 Å². The zero-order chi connectivity index (χ0) is 19.7. The molecule has 2 heterocycles. The van der Waals surface area contributed by atoms with Crippen LogP contribution in [0.25, 0.3) is 11.0 Å². The molecule has 0 saturated heterocycles. The van der Waals surface area contributed by atoms with E-state index in [-0.39, 0.29) is 18.9 Å². The molecule has 0 aliphatic carbocycles. The Morgan fingerprint density at radius 3 is 2.70 bits per heavy atom.